The SMILES string of the molecule is COc1cc(C(=O)N2CCOC(c3ccc(Cl)c(Cl)c3)(C(C)c3cc([N+](=O)[O-])ccc3S(=O)(=O)O)C2)cc(OC)c1OC. The van der Waals surface area contributed by atoms with Crippen molar-refractivity contribution in [2.75, 3.05) is 41.0 Å². The van der Waals surface area contributed by atoms with E-state index < -0.39 is 43.1 Å². The number of halogens is 2. The number of hydrogen-bond acceptors (Lipinski definition) is 9. The van der Waals surface area contributed by atoms with Gasteiger partial charge in [0.1, 0.15) is 5.60 Å². The van der Waals surface area contributed by atoms with Crippen LogP contribution < -0.4 is 14.2 Å². The lowest BCUT2D eigenvalue weighted by Gasteiger charge is -2.47. The van der Waals surface area contributed by atoms with E-state index in [9.17, 15) is 27.9 Å². The highest BCUT2D eigenvalue weighted by Gasteiger charge is 2.47. The van der Waals surface area contributed by atoms with Gasteiger partial charge in [-0.25, -0.2) is 0 Å². The second-order valence-corrected chi connectivity index (χ2v) is 11.9. The summed E-state index contributed by atoms with van der Waals surface area (Å²) in [7, 11) is -0.548. The van der Waals surface area contributed by atoms with Gasteiger partial charge in [-0.15, -0.1) is 0 Å². The van der Waals surface area contributed by atoms with Crippen molar-refractivity contribution in [3.63, 3.8) is 0 Å². The summed E-state index contributed by atoms with van der Waals surface area (Å²) in [5.41, 5.74) is -1.37. The normalized spacial score (nSPS) is 17.7. The summed E-state index contributed by atoms with van der Waals surface area (Å²) < 4.78 is 57.4. The Kier molecular flexibility index (Phi) is 9.42. The minimum absolute atomic E-state index is 0.00309. The molecule has 2 unspecified atom stereocenters. The van der Waals surface area contributed by atoms with Gasteiger partial charge in [0.25, 0.3) is 21.7 Å². The van der Waals surface area contributed by atoms with Crippen LogP contribution in [0.5, 0.6) is 17.2 Å². The van der Waals surface area contributed by atoms with Gasteiger partial charge in [0.2, 0.25) is 5.75 Å². The van der Waals surface area contributed by atoms with Crippen molar-refractivity contribution in [2.45, 2.75) is 23.3 Å². The zero-order valence-electron chi connectivity index (χ0n) is 23.5. The van der Waals surface area contributed by atoms with Gasteiger partial charge >= 0.3 is 0 Å². The molecule has 1 N–H and O–H groups in total. The maximum Gasteiger partial charge on any atom is 0.294 e. The Morgan fingerprint density at radius 2 is 1.70 bits per heavy atom. The second-order valence-electron chi connectivity index (χ2n) is 9.68. The molecule has 0 bridgehead atoms. The molecule has 3 aromatic rings. The van der Waals surface area contributed by atoms with E-state index in [4.69, 9.17) is 42.1 Å². The van der Waals surface area contributed by atoms with Gasteiger partial charge in [-0.2, -0.15) is 8.42 Å². The maximum absolute atomic E-state index is 14.0. The summed E-state index contributed by atoms with van der Waals surface area (Å²) in [5.74, 6) is -0.606. The molecule has 2 atom stereocenters. The molecular weight excluding hydrogens is 627 g/mol. The van der Waals surface area contributed by atoms with Crippen molar-refractivity contribution >= 4 is 44.9 Å². The van der Waals surface area contributed by atoms with Gasteiger partial charge in [-0.05, 0) is 41.5 Å². The Morgan fingerprint density at radius 1 is 1.05 bits per heavy atom. The summed E-state index contributed by atoms with van der Waals surface area (Å²) in [4.78, 5) is 25.9. The highest BCUT2D eigenvalue weighted by Crippen LogP contribution is 2.47. The number of non-ortho nitro benzene ring substituents is 1. The quantitative estimate of drug-likeness (QED) is 0.181. The van der Waals surface area contributed by atoms with Gasteiger partial charge in [-0.3, -0.25) is 19.5 Å². The predicted molar refractivity (Wildman–Crippen MR) is 157 cm³/mol. The molecule has 0 aliphatic carbocycles. The van der Waals surface area contributed by atoms with Crippen molar-refractivity contribution in [1.82, 2.24) is 4.90 Å². The molecule has 1 aliphatic heterocycles. The number of ether oxygens (including phenoxy) is 4. The average Bonchev–Trinajstić information content (AvgIpc) is 2.99. The first kappa shape index (κ1) is 32.3. The number of morpholine rings is 1. The molecule has 1 aliphatic rings. The van der Waals surface area contributed by atoms with E-state index in [-0.39, 0.29) is 52.4 Å². The van der Waals surface area contributed by atoms with Crippen LogP contribution in [0.15, 0.2) is 53.4 Å². The van der Waals surface area contributed by atoms with Gasteiger partial charge in [0.15, 0.2) is 11.5 Å². The molecule has 1 amide bonds. The fourth-order valence-corrected chi connectivity index (χ4v) is 6.30. The number of amides is 1. The molecule has 230 valence electrons. The molecule has 1 fully saturated rings. The maximum atomic E-state index is 14.0. The average molecular weight is 656 g/mol. The minimum Gasteiger partial charge on any atom is -0.493 e. The number of rotatable bonds is 9. The van der Waals surface area contributed by atoms with Crippen LogP contribution in [0.4, 0.5) is 5.69 Å². The molecule has 0 saturated carbocycles. The van der Waals surface area contributed by atoms with Crippen LogP contribution in [0.25, 0.3) is 0 Å². The molecule has 1 saturated heterocycles. The van der Waals surface area contributed by atoms with Crippen LogP contribution in [0.3, 0.4) is 0 Å². The van der Waals surface area contributed by atoms with Crippen molar-refractivity contribution < 1.29 is 41.6 Å². The third-order valence-electron chi connectivity index (χ3n) is 7.40. The van der Waals surface area contributed by atoms with E-state index in [0.717, 1.165) is 18.2 Å². The summed E-state index contributed by atoms with van der Waals surface area (Å²) in [6, 6.07) is 10.7. The fourth-order valence-electron chi connectivity index (χ4n) is 5.23. The van der Waals surface area contributed by atoms with Gasteiger partial charge in [0.05, 0.1) is 54.3 Å². The predicted octanol–water partition coefficient (Wildman–Crippen LogP) is 5.35. The molecule has 3 aromatic carbocycles. The molecule has 43 heavy (non-hydrogen) atoms. The third-order valence-corrected chi connectivity index (χ3v) is 9.07. The Morgan fingerprint density at radius 3 is 2.23 bits per heavy atom. The van der Waals surface area contributed by atoms with Gasteiger partial charge in [0, 0.05) is 30.2 Å². The molecular formula is C28H28Cl2N2O10S. The van der Waals surface area contributed by atoms with E-state index in [1.54, 1.807) is 13.0 Å². The number of carbonyl (C=O) groups excluding carboxylic acids is 1. The van der Waals surface area contributed by atoms with Gasteiger partial charge in [-0.1, -0.05) is 36.2 Å². The van der Waals surface area contributed by atoms with Crippen LogP contribution >= 0.6 is 23.2 Å². The monoisotopic (exact) mass is 654 g/mol. The highest BCUT2D eigenvalue weighted by atomic mass is 35.5. The largest absolute Gasteiger partial charge is 0.493 e. The first-order valence-corrected chi connectivity index (χ1v) is 14.9. The van der Waals surface area contributed by atoms with Crippen molar-refractivity contribution in [3.8, 4) is 17.2 Å². The number of nitrogens with zero attached hydrogens (tertiary/aromatic N) is 2. The number of carbonyl (C=O) groups is 1. The fraction of sp³-hybridized carbons (Fsp3) is 0.321. The number of nitro benzene ring substituents is 1. The Balaban J connectivity index is 1.90. The lowest BCUT2D eigenvalue weighted by Crippen LogP contribution is -2.54. The number of hydrogen-bond donors (Lipinski definition) is 1. The van der Waals surface area contributed by atoms with Crippen LogP contribution in [-0.4, -0.2) is 69.7 Å². The van der Waals surface area contributed by atoms with E-state index in [1.165, 1.54) is 50.5 Å². The van der Waals surface area contributed by atoms with Crippen LogP contribution in [0, 0.1) is 10.1 Å². The van der Waals surface area contributed by atoms with Gasteiger partial charge < -0.3 is 23.8 Å². The Hall–Kier alpha value is -3.62. The zero-order valence-corrected chi connectivity index (χ0v) is 25.8. The Bertz CT molecular complexity index is 1660. The molecule has 0 spiro atoms. The molecule has 0 radical (unpaired) electrons. The summed E-state index contributed by atoms with van der Waals surface area (Å²) in [5, 5.41) is 12.0. The number of benzene rings is 3. The standard InChI is InChI=1S/C28H28Cl2N2O10S/c1-16(20-14-19(32(34)35)6-8-25(20)43(36,37)38)28(18-5-7-21(29)22(30)13-18)15-31(9-10-42-28)27(33)17-11-23(39-2)26(41-4)24(12-17)40-3/h5-8,11-14,16H,9-10,15H2,1-4H3,(H,36,37,38). The Labute approximate surface area is 257 Å². The summed E-state index contributed by atoms with van der Waals surface area (Å²) in [6.45, 7) is 1.58. The van der Waals surface area contributed by atoms with Crippen molar-refractivity contribution in [2.24, 2.45) is 0 Å². The number of methoxy groups -OCH3 is 3. The molecule has 12 nitrogen and oxygen atoms in total. The summed E-state index contributed by atoms with van der Waals surface area (Å²) >= 11 is 12.6. The van der Waals surface area contributed by atoms with E-state index in [0.29, 0.717) is 11.3 Å². The van der Waals surface area contributed by atoms with Crippen molar-refractivity contribution in [1.29, 1.82) is 0 Å². The molecule has 15 heteroatoms. The van der Waals surface area contributed by atoms with E-state index >= 15 is 0 Å². The first-order valence-electron chi connectivity index (χ1n) is 12.7. The minimum atomic E-state index is -4.82. The first-order chi connectivity index (χ1) is 20.3. The van der Waals surface area contributed by atoms with E-state index in [1.807, 2.05) is 0 Å². The molecule has 4 rings (SSSR count). The van der Waals surface area contributed by atoms with Crippen LogP contribution in [0.2, 0.25) is 10.0 Å². The smallest absolute Gasteiger partial charge is 0.294 e. The highest BCUT2D eigenvalue weighted by molar-refractivity contribution is 7.85. The third kappa shape index (κ3) is 6.22. The topological polar surface area (TPSA) is 155 Å². The van der Waals surface area contributed by atoms with Crippen LogP contribution in [0.1, 0.15) is 34.3 Å². The van der Waals surface area contributed by atoms with Crippen LogP contribution in [-0.2, 0) is 20.5 Å². The number of nitro groups is 1. The van der Waals surface area contributed by atoms with E-state index in [2.05, 4.69) is 0 Å². The lowest BCUT2D eigenvalue weighted by molar-refractivity contribution is -0.385. The van der Waals surface area contributed by atoms with Crippen molar-refractivity contribution in [3.05, 3.63) is 85.4 Å². The summed E-state index contributed by atoms with van der Waals surface area (Å²) in [6.07, 6.45) is 0. The molecule has 0 aromatic heterocycles. The lowest BCUT2D eigenvalue weighted by atomic mass is 9.76. The zero-order chi connectivity index (χ0) is 31.7. The second kappa shape index (κ2) is 12.5. The molecule has 1 heterocycles.